The topological polar surface area (TPSA) is 3.24 Å². The van der Waals surface area contributed by atoms with Crippen LogP contribution < -0.4 is 0 Å². The molecular formula is C8H27NSi4. The molecule has 0 heterocycles. The molecule has 0 aliphatic heterocycles. The van der Waals surface area contributed by atoms with Gasteiger partial charge in [-0.2, -0.15) is 0 Å². The summed E-state index contributed by atoms with van der Waals surface area (Å²) in [4.78, 5) is 2.74. The van der Waals surface area contributed by atoms with Gasteiger partial charge in [0.25, 0.3) is 0 Å². The standard InChI is InChI=1S/C8H27NSi4/c1-6(2)9(7(3)4)8(5)11-13-12-10/h6-8H,11-13H2,1-5,10H3. The molecule has 80 valence electrons. The Hall–Kier alpha value is 0.828. The first kappa shape index (κ1) is 13.8. The van der Waals surface area contributed by atoms with Crippen molar-refractivity contribution in [3.63, 3.8) is 0 Å². The summed E-state index contributed by atoms with van der Waals surface area (Å²) in [5, 5.41) is 0. The maximum atomic E-state index is 2.74. The highest BCUT2D eigenvalue weighted by atomic mass is 29.7. The lowest BCUT2D eigenvalue weighted by Gasteiger charge is -2.36. The zero-order valence-corrected chi connectivity index (χ0v) is 16.5. The highest BCUT2D eigenvalue weighted by Gasteiger charge is 2.19. The zero-order chi connectivity index (χ0) is 10.4. The van der Waals surface area contributed by atoms with Gasteiger partial charge in [-0.1, -0.05) is 6.92 Å². The Kier molecular flexibility index (Phi) is 7.62. The summed E-state index contributed by atoms with van der Waals surface area (Å²) in [6, 6.07) is 1.51. The van der Waals surface area contributed by atoms with E-state index in [9.17, 15) is 0 Å². The monoisotopic (exact) mass is 249 g/mol. The predicted molar refractivity (Wildman–Crippen MR) is 77.1 cm³/mol. The first-order valence-electron chi connectivity index (χ1n) is 5.78. The van der Waals surface area contributed by atoms with Crippen LogP contribution in [0.25, 0.3) is 0 Å². The summed E-state index contributed by atoms with van der Waals surface area (Å²) >= 11 is 0. The van der Waals surface area contributed by atoms with Crippen molar-refractivity contribution in [2.24, 2.45) is 0 Å². The van der Waals surface area contributed by atoms with Crippen molar-refractivity contribution in [1.29, 1.82) is 0 Å². The fraction of sp³-hybridized carbons (Fsp3) is 1.00. The first-order chi connectivity index (χ1) is 6.00. The normalized spacial score (nSPS) is 17.5. The van der Waals surface area contributed by atoms with Gasteiger partial charge in [-0.3, -0.25) is 4.90 Å². The van der Waals surface area contributed by atoms with Crippen molar-refractivity contribution in [3.05, 3.63) is 0 Å². The minimum absolute atomic E-state index is 0.364. The molecule has 0 amide bonds. The Balaban J connectivity index is 4.04. The smallest absolute Gasteiger partial charge is 0.0254 e. The summed E-state index contributed by atoms with van der Waals surface area (Å²) in [6.45, 7) is 11.9. The van der Waals surface area contributed by atoms with E-state index in [0.717, 1.165) is 17.7 Å². The lowest BCUT2D eigenvalue weighted by Crippen LogP contribution is -2.48. The van der Waals surface area contributed by atoms with Crippen LogP contribution in [0.4, 0.5) is 0 Å². The molecule has 0 aromatic heterocycles. The van der Waals surface area contributed by atoms with Gasteiger partial charge in [0, 0.05) is 21.1 Å². The second-order valence-electron chi connectivity index (χ2n) is 4.63. The number of hydrogen-bond donors (Lipinski definition) is 0. The molecule has 0 rings (SSSR count). The molecule has 0 spiro atoms. The van der Waals surface area contributed by atoms with Crippen LogP contribution in [0.15, 0.2) is 0 Å². The highest BCUT2D eigenvalue weighted by Crippen LogP contribution is 2.09. The van der Waals surface area contributed by atoms with Crippen LogP contribution in [0.5, 0.6) is 0 Å². The lowest BCUT2D eigenvalue weighted by molar-refractivity contribution is 0.163. The van der Waals surface area contributed by atoms with Crippen molar-refractivity contribution >= 4 is 35.9 Å². The quantitative estimate of drug-likeness (QED) is 0.496. The van der Waals surface area contributed by atoms with Crippen molar-refractivity contribution in [3.8, 4) is 0 Å². The third kappa shape index (κ3) is 5.31. The van der Waals surface area contributed by atoms with E-state index in [4.69, 9.17) is 0 Å². The maximum Gasteiger partial charge on any atom is 0.0254 e. The van der Waals surface area contributed by atoms with E-state index in [1.54, 1.807) is 9.76 Å². The fourth-order valence-electron chi connectivity index (χ4n) is 2.26. The van der Waals surface area contributed by atoms with Gasteiger partial charge in [0.1, 0.15) is 0 Å². The molecule has 0 aromatic carbocycles. The van der Waals surface area contributed by atoms with Gasteiger partial charge in [-0.05, 0) is 60.2 Å². The van der Waals surface area contributed by atoms with Crippen LogP contribution in [-0.4, -0.2) is 58.6 Å². The van der Waals surface area contributed by atoms with Crippen molar-refractivity contribution in [2.75, 3.05) is 0 Å². The van der Waals surface area contributed by atoms with Crippen LogP contribution in [-0.2, 0) is 0 Å². The van der Waals surface area contributed by atoms with Crippen molar-refractivity contribution in [2.45, 2.75) is 52.4 Å². The van der Waals surface area contributed by atoms with Crippen LogP contribution in [0, 0.1) is 0 Å². The number of rotatable bonds is 6. The molecule has 0 fully saturated rings. The van der Waals surface area contributed by atoms with Gasteiger partial charge in [-0.15, -0.1) is 0 Å². The van der Waals surface area contributed by atoms with Crippen LogP contribution in [0.1, 0.15) is 34.6 Å². The Labute approximate surface area is 93.3 Å². The molecule has 13 heavy (non-hydrogen) atoms. The highest BCUT2D eigenvalue weighted by molar-refractivity contribution is 7.41. The van der Waals surface area contributed by atoms with E-state index in [1.165, 1.54) is 0 Å². The first-order valence-corrected chi connectivity index (χ1v) is 20.3. The van der Waals surface area contributed by atoms with E-state index in [1.807, 2.05) is 0 Å². The SMILES string of the molecule is CC(C)N(C(C)C)C(C)[SiH2][SiH2][SiH2][SiH3]. The summed E-state index contributed by atoms with van der Waals surface area (Å²) in [5.41, 5.74) is 0.994. The fourth-order valence-corrected chi connectivity index (χ4v) is 28.3. The molecule has 0 saturated heterocycles. The molecule has 0 aliphatic carbocycles. The van der Waals surface area contributed by atoms with Crippen LogP contribution in [0.3, 0.4) is 0 Å². The minimum atomic E-state index is 0.364. The second-order valence-corrected chi connectivity index (χ2v) is 30.3. The average molecular weight is 250 g/mol. The molecular weight excluding hydrogens is 222 g/mol. The lowest BCUT2D eigenvalue weighted by atomic mass is 10.2. The largest absolute Gasteiger partial charge is 0.300 e. The third-order valence-electron chi connectivity index (χ3n) is 2.68. The summed E-state index contributed by atoms with van der Waals surface area (Å²) in [7, 11) is 3.13. The van der Waals surface area contributed by atoms with Crippen molar-refractivity contribution < 1.29 is 0 Å². The summed E-state index contributed by atoms with van der Waals surface area (Å²) < 4.78 is 0. The number of nitrogens with zero attached hydrogens (tertiary/aromatic N) is 1. The summed E-state index contributed by atoms with van der Waals surface area (Å²) in [6.07, 6.45) is 0. The second kappa shape index (κ2) is 7.16. The molecule has 0 N–H and O–H groups in total. The average Bonchev–Trinajstić information content (AvgIpc) is 1.99. The Morgan fingerprint density at radius 1 is 1.00 bits per heavy atom. The molecule has 1 nitrogen and oxygen atoms in total. The van der Waals surface area contributed by atoms with E-state index >= 15 is 0 Å². The van der Waals surface area contributed by atoms with Gasteiger partial charge in [0.05, 0.1) is 0 Å². The Bertz CT molecular complexity index is 121. The zero-order valence-electron chi connectivity index (χ0n) is 10.3. The molecule has 5 heteroatoms. The molecule has 0 aliphatic rings. The van der Waals surface area contributed by atoms with Gasteiger partial charge in [0.2, 0.25) is 0 Å². The maximum absolute atomic E-state index is 2.74. The van der Waals surface area contributed by atoms with Crippen LogP contribution >= 0.6 is 0 Å². The molecule has 0 bridgehead atoms. The Morgan fingerprint density at radius 3 is 1.77 bits per heavy atom. The van der Waals surface area contributed by atoms with E-state index in [-0.39, 0.29) is 0 Å². The van der Waals surface area contributed by atoms with Crippen LogP contribution in [0.2, 0.25) is 0 Å². The predicted octanol–water partition coefficient (Wildman–Crippen LogP) is -1.93. The number of hydrogen-bond acceptors (Lipinski definition) is 1. The third-order valence-corrected chi connectivity index (χ3v) is 40.0. The molecule has 0 saturated carbocycles. The minimum Gasteiger partial charge on any atom is -0.300 e. The summed E-state index contributed by atoms with van der Waals surface area (Å²) in [5.74, 6) is 0. The molecule has 1 atom stereocenters. The van der Waals surface area contributed by atoms with Crippen molar-refractivity contribution in [1.82, 2.24) is 4.90 Å². The van der Waals surface area contributed by atoms with Gasteiger partial charge >= 0.3 is 0 Å². The van der Waals surface area contributed by atoms with Gasteiger partial charge in [0.15, 0.2) is 0 Å². The van der Waals surface area contributed by atoms with Gasteiger partial charge < -0.3 is 0 Å². The molecule has 1 unspecified atom stereocenters. The molecule has 0 aromatic rings. The van der Waals surface area contributed by atoms with Gasteiger partial charge in [-0.25, -0.2) is 0 Å². The van der Waals surface area contributed by atoms with E-state index < -0.39 is 0 Å². The molecule has 0 radical (unpaired) electrons. The van der Waals surface area contributed by atoms with E-state index in [2.05, 4.69) is 39.5 Å². The van der Waals surface area contributed by atoms with E-state index in [0.29, 0.717) is 26.1 Å². The Morgan fingerprint density at radius 2 is 1.46 bits per heavy atom.